The summed E-state index contributed by atoms with van der Waals surface area (Å²) in [4.78, 5) is 11.6. The minimum absolute atomic E-state index is 0.188. The molecule has 0 fully saturated rings. The number of hydrogen-bond donors (Lipinski definition) is 1. The van der Waals surface area contributed by atoms with Gasteiger partial charge in [0.05, 0.1) is 17.1 Å². The average molecular weight is 384 g/mol. The van der Waals surface area contributed by atoms with Crippen LogP contribution in [0, 0.1) is 0 Å². The van der Waals surface area contributed by atoms with E-state index in [1.54, 1.807) is 10.7 Å². The van der Waals surface area contributed by atoms with E-state index in [0.717, 1.165) is 16.9 Å². The lowest BCUT2D eigenvalue weighted by molar-refractivity contribution is 0.123. The van der Waals surface area contributed by atoms with Crippen LogP contribution < -0.4 is 5.73 Å². The van der Waals surface area contributed by atoms with Crippen molar-refractivity contribution in [3.05, 3.63) is 82.6 Å². The fraction of sp³-hybridized carbons (Fsp3) is 0.238. The Morgan fingerprint density at radius 2 is 1.81 bits per heavy atom. The molecule has 2 N–H and O–H groups in total. The third-order valence-corrected chi connectivity index (χ3v) is 4.40. The Labute approximate surface area is 163 Å². The summed E-state index contributed by atoms with van der Waals surface area (Å²) in [6.45, 7) is 6.23. The van der Waals surface area contributed by atoms with E-state index >= 15 is 0 Å². The van der Waals surface area contributed by atoms with Gasteiger partial charge < -0.3 is 10.5 Å². The number of nitrogens with two attached hydrogens (primary N) is 1. The molecule has 6 heteroatoms. The van der Waals surface area contributed by atoms with Gasteiger partial charge in [-0.25, -0.2) is 9.48 Å². The number of amides is 1. The highest BCUT2D eigenvalue weighted by Gasteiger charge is 2.27. The van der Waals surface area contributed by atoms with E-state index < -0.39 is 12.2 Å². The number of nitrogens with zero attached hydrogens (tertiary/aromatic N) is 2. The zero-order valence-corrected chi connectivity index (χ0v) is 16.3. The molecule has 0 aliphatic carbocycles. The molecule has 0 bridgehead atoms. The van der Waals surface area contributed by atoms with Crippen molar-refractivity contribution < 1.29 is 9.53 Å². The predicted molar refractivity (Wildman–Crippen MR) is 106 cm³/mol. The molecular formula is C21H22ClN3O2. The summed E-state index contributed by atoms with van der Waals surface area (Å²) >= 11 is 6.18. The molecule has 0 aliphatic heterocycles. The van der Waals surface area contributed by atoms with Crippen molar-refractivity contribution in [2.75, 3.05) is 0 Å². The molecule has 1 aromatic heterocycles. The van der Waals surface area contributed by atoms with Gasteiger partial charge in [0.1, 0.15) is 0 Å². The first-order chi connectivity index (χ1) is 12.8. The van der Waals surface area contributed by atoms with Crippen molar-refractivity contribution in [2.24, 2.45) is 5.73 Å². The van der Waals surface area contributed by atoms with Gasteiger partial charge in [-0.1, -0.05) is 68.8 Å². The lowest BCUT2D eigenvalue weighted by atomic mass is 9.91. The Kier molecular flexibility index (Phi) is 5.24. The van der Waals surface area contributed by atoms with E-state index in [2.05, 4.69) is 20.8 Å². The zero-order chi connectivity index (χ0) is 19.6. The molecule has 0 spiro atoms. The summed E-state index contributed by atoms with van der Waals surface area (Å²) in [5.74, 6) is 0. The van der Waals surface area contributed by atoms with Crippen LogP contribution in [0.15, 0.2) is 60.7 Å². The Morgan fingerprint density at radius 3 is 2.41 bits per heavy atom. The molecule has 1 unspecified atom stereocenters. The first-order valence-electron chi connectivity index (χ1n) is 8.63. The smallest absolute Gasteiger partial charge is 0.405 e. The molecule has 2 aromatic carbocycles. The number of carbonyl (C=O) groups excluding carboxylic acids is 1. The van der Waals surface area contributed by atoms with Crippen molar-refractivity contribution in [1.29, 1.82) is 0 Å². The van der Waals surface area contributed by atoms with Crippen LogP contribution in [0.1, 0.15) is 43.8 Å². The molecule has 5 nitrogen and oxygen atoms in total. The molecule has 1 atom stereocenters. The third-order valence-electron chi connectivity index (χ3n) is 4.16. The Morgan fingerprint density at radius 1 is 1.11 bits per heavy atom. The van der Waals surface area contributed by atoms with Gasteiger partial charge in [0, 0.05) is 10.4 Å². The molecular weight excluding hydrogens is 362 g/mol. The van der Waals surface area contributed by atoms with E-state index in [1.165, 1.54) is 0 Å². The van der Waals surface area contributed by atoms with Crippen molar-refractivity contribution in [3.63, 3.8) is 0 Å². The van der Waals surface area contributed by atoms with Gasteiger partial charge in [-0.15, -0.1) is 0 Å². The van der Waals surface area contributed by atoms with Gasteiger partial charge >= 0.3 is 6.09 Å². The summed E-state index contributed by atoms with van der Waals surface area (Å²) in [5, 5.41) is 5.37. The Hall–Kier alpha value is -2.79. The highest BCUT2D eigenvalue weighted by molar-refractivity contribution is 6.30. The lowest BCUT2D eigenvalue weighted by Crippen LogP contribution is -2.20. The topological polar surface area (TPSA) is 70.1 Å². The Balaban J connectivity index is 2.22. The maximum Gasteiger partial charge on any atom is 0.405 e. The Bertz CT molecular complexity index is 946. The minimum Gasteiger partial charge on any atom is -0.435 e. The van der Waals surface area contributed by atoms with Crippen molar-refractivity contribution in [2.45, 2.75) is 32.3 Å². The highest BCUT2D eigenvalue weighted by Crippen LogP contribution is 2.32. The summed E-state index contributed by atoms with van der Waals surface area (Å²) < 4.78 is 7.24. The van der Waals surface area contributed by atoms with Crippen molar-refractivity contribution in [3.8, 4) is 5.69 Å². The second-order valence-corrected chi connectivity index (χ2v) is 7.76. The molecule has 1 amide bonds. The number of rotatable bonds is 4. The fourth-order valence-corrected chi connectivity index (χ4v) is 2.99. The molecule has 0 aliphatic rings. The summed E-state index contributed by atoms with van der Waals surface area (Å²) in [5.41, 5.74) is 8.33. The van der Waals surface area contributed by atoms with Crippen molar-refractivity contribution in [1.82, 2.24) is 9.78 Å². The molecule has 3 rings (SSSR count). The third kappa shape index (κ3) is 4.31. The first-order valence-corrected chi connectivity index (χ1v) is 9.01. The SMILES string of the molecule is CC(C)(C)c1cc(C(OC(N)=O)c2ccccc2)n(-c2cccc(Cl)c2)n1. The van der Waals surface area contributed by atoms with Gasteiger partial charge in [-0.2, -0.15) is 5.10 Å². The molecule has 0 radical (unpaired) electrons. The quantitative estimate of drug-likeness (QED) is 0.688. The van der Waals surface area contributed by atoms with E-state index in [4.69, 9.17) is 27.2 Å². The zero-order valence-electron chi connectivity index (χ0n) is 15.5. The van der Waals surface area contributed by atoms with E-state index in [-0.39, 0.29) is 5.41 Å². The monoisotopic (exact) mass is 383 g/mol. The highest BCUT2D eigenvalue weighted by atomic mass is 35.5. The van der Waals surface area contributed by atoms with Crippen LogP contribution in [-0.2, 0) is 10.2 Å². The number of hydrogen-bond acceptors (Lipinski definition) is 3. The number of aromatic nitrogens is 2. The van der Waals surface area contributed by atoms with Gasteiger partial charge in [0.25, 0.3) is 0 Å². The van der Waals surface area contributed by atoms with Crippen LogP contribution in [0.4, 0.5) is 4.79 Å². The maximum absolute atomic E-state index is 11.6. The summed E-state index contributed by atoms with van der Waals surface area (Å²) in [6.07, 6.45) is -1.54. The van der Waals surface area contributed by atoms with Crippen molar-refractivity contribution >= 4 is 17.7 Å². The number of primary amides is 1. The van der Waals surface area contributed by atoms with Crippen LogP contribution in [-0.4, -0.2) is 15.9 Å². The van der Waals surface area contributed by atoms with Gasteiger partial charge in [0.2, 0.25) is 0 Å². The van der Waals surface area contributed by atoms with Crippen LogP contribution in [0.2, 0.25) is 5.02 Å². The minimum atomic E-state index is -0.847. The predicted octanol–water partition coefficient (Wildman–Crippen LogP) is 5.01. The molecule has 0 saturated heterocycles. The second kappa shape index (κ2) is 7.45. The molecule has 140 valence electrons. The number of halogens is 1. The molecule has 27 heavy (non-hydrogen) atoms. The number of benzene rings is 2. The number of ether oxygens (including phenoxy) is 1. The first kappa shape index (κ1) is 19.0. The normalized spacial score (nSPS) is 12.6. The summed E-state index contributed by atoms with van der Waals surface area (Å²) in [7, 11) is 0. The standard InChI is InChI=1S/C21H22ClN3O2/c1-21(2,3)18-13-17(25(24-18)16-11-7-10-15(22)12-16)19(27-20(23)26)14-8-5-4-6-9-14/h4-13,19H,1-3H3,(H2,23,26). The average Bonchev–Trinajstić information content (AvgIpc) is 3.06. The van der Waals surface area contributed by atoms with Crippen LogP contribution in [0.3, 0.4) is 0 Å². The summed E-state index contributed by atoms with van der Waals surface area (Å²) in [6, 6.07) is 18.8. The van der Waals surface area contributed by atoms with E-state index in [9.17, 15) is 4.79 Å². The molecule has 3 aromatic rings. The van der Waals surface area contributed by atoms with Crippen LogP contribution in [0.5, 0.6) is 0 Å². The van der Waals surface area contributed by atoms with Gasteiger partial charge in [-0.3, -0.25) is 0 Å². The second-order valence-electron chi connectivity index (χ2n) is 7.32. The van der Waals surface area contributed by atoms with Gasteiger partial charge in [0.15, 0.2) is 6.10 Å². The van der Waals surface area contributed by atoms with Crippen LogP contribution in [0.25, 0.3) is 5.69 Å². The van der Waals surface area contributed by atoms with E-state index in [1.807, 2.05) is 54.6 Å². The van der Waals surface area contributed by atoms with Crippen LogP contribution >= 0.6 is 11.6 Å². The lowest BCUT2D eigenvalue weighted by Gasteiger charge is -2.18. The van der Waals surface area contributed by atoms with E-state index in [0.29, 0.717) is 10.7 Å². The fourth-order valence-electron chi connectivity index (χ4n) is 2.81. The molecule has 0 saturated carbocycles. The molecule has 1 heterocycles. The number of carbonyl (C=O) groups is 1. The largest absolute Gasteiger partial charge is 0.435 e. The van der Waals surface area contributed by atoms with Gasteiger partial charge in [-0.05, 0) is 29.8 Å². The maximum atomic E-state index is 11.6.